The lowest BCUT2D eigenvalue weighted by atomic mass is 10.1. The third-order valence-electron chi connectivity index (χ3n) is 3.64. The van der Waals surface area contributed by atoms with Crippen LogP contribution in [0.5, 0.6) is 0 Å². The molecule has 0 amide bonds. The van der Waals surface area contributed by atoms with Crippen LogP contribution in [0.3, 0.4) is 0 Å². The molecule has 0 unspecified atom stereocenters. The summed E-state index contributed by atoms with van der Waals surface area (Å²) in [5.74, 6) is -1.08. The molecule has 1 heterocycles. The molecule has 1 fully saturated rings. The first-order valence-electron chi connectivity index (χ1n) is 6.48. The van der Waals surface area contributed by atoms with E-state index in [1.807, 2.05) is 0 Å². The van der Waals surface area contributed by atoms with Crippen LogP contribution in [-0.2, 0) is 0 Å². The van der Waals surface area contributed by atoms with Gasteiger partial charge in [0.25, 0.3) is 0 Å². The third-order valence-corrected chi connectivity index (χ3v) is 3.64. The molecule has 1 saturated carbocycles. The van der Waals surface area contributed by atoms with Crippen molar-refractivity contribution < 1.29 is 14.3 Å². The van der Waals surface area contributed by atoms with Gasteiger partial charge >= 0.3 is 5.97 Å². The van der Waals surface area contributed by atoms with Crippen LogP contribution in [0.25, 0.3) is 5.69 Å². The summed E-state index contributed by atoms with van der Waals surface area (Å²) in [5.41, 5.74) is 0.0867. The summed E-state index contributed by atoms with van der Waals surface area (Å²) in [6.45, 7) is 0. The van der Waals surface area contributed by atoms with Gasteiger partial charge in [-0.05, 0) is 35.4 Å². The number of halogens is 1. The highest BCUT2D eigenvalue weighted by Gasteiger charge is 2.24. The van der Waals surface area contributed by atoms with E-state index in [1.54, 1.807) is 0 Å². The lowest BCUT2D eigenvalue weighted by molar-refractivity contribution is 0.0692. The van der Waals surface area contributed by atoms with E-state index in [-0.39, 0.29) is 11.5 Å². The van der Waals surface area contributed by atoms with E-state index in [9.17, 15) is 9.18 Å². The highest BCUT2D eigenvalue weighted by Crippen LogP contribution is 2.33. The summed E-state index contributed by atoms with van der Waals surface area (Å²) < 4.78 is 15.2. The van der Waals surface area contributed by atoms with Gasteiger partial charge in [-0.2, -0.15) is 4.68 Å². The van der Waals surface area contributed by atoms with Crippen LogP contribution < -0.4 is 0 Å². The predicted molar refractivity (Wildman–Crippen MR) is 67.3 cm³/mol. The van der Waals surface area contributed by atoms with Crippen molar-refractivity contribution in [3.05, 3.63) is 35.4 Å². The molecule has 0 atom stereocenters. The number of benzene rings is 1. The molecule has 1 aliphatic carbocycles. The van der Waals surface area contributed by atoms with Crippen LogP contribution in [0.4, 0.5) is 4.39 Å². The molecule has 2 aromatic rings. The number of carbonyl (C=O) groups is 1. The van der Waals surface area contributed by atoms with Crippen molar-refractivity contribution in [2.45, 2.75) is 31.6 Å². The largest absolute Gasteiger partial charge is 0.478 e. The average Bonchev–Trinajstić information content (AvgIpc) is 3.09. The fourth-order valence-electron chi connectivity index (χ4n) is 2.63. The minimum Gasteiger partial charge on any atom is -0.478 e. The molecule has 1 aliphatic rings. The van der Waals surface area contributed by atoms with E-state index in [4.69, 9.17) is 5.11 Å². The Hall–Kier alpha value is -2.31. The van der Waals surface area contributed by atoms with E-state index in [2.05, 4.69) is 15.5 Å². The normalized spacial score (nSPS) is 15.7. The quantitative estimate of drug-likeness (QED) is 0.929. The lowest BCUT2D eigenvalue weighted by Gasteiger charge is -2.10. The fourth-order valence-corrected chi connectivity index (χ4v) is 2.63. The van der Waals surface area contributed by atoms with Crippen molar-refractivity contribution in [1.29, 1.82) is 0 Å². The Kier molecular flexibility index (Phi) is 3.17. The average molecular weight is 276 g/mol. The molecule has 0 bridgehead atoms. The number of aromatic nitrogens is 4. The maximum absolute atomic E-state index is 13.7. The number of rotatable bonds is 3. The number of hydrogen-bond donors (Lipinski definition) is 1. The van der Waals surface area contributed by atoms with Gasteiger partial charge in [-0.25, -0.2) is 9.18 Å². The standard InChI is InChI=1S/C13H13FN4O2/c14-11-7-9(5-6-10(11)13(19)20)18-12(15-16-17-18)8-3-1-2-4-8/h5-8H,1-4H2,(H,19,20). The predicted octanol–water partition coefficient (Wildman–Crippen LogP) is 2.16. The molecule has 104 valence electrons. The van der Waals surface area contributed by atoms with Crippen molar-refractivity contribution in [2.24, 2.45) is 0 Å². The van der Waals surface area contributed by atoms with Gasteiger partial charge in [0.1, 0.15) is 5.82 Å². The van der Waals surface area contributed by atoms with Crippen LogP contribution >= 0.6 is 0 Å². The number of carboxylic acid groups (broad SMARTS) is 1. The molecule has 1 aromatic carbocycles. The summed E-state index contributed by atoms with van der Waals surface area (Å²) >= 11 is 0. The van der Waals surface area contributed by atoms with Crippen molar-refractivity contribution in [2.75, 3.05) is 0 Å². The van der Waals surface area contributed by atoms with Crippen LogP contribution in [0.2, 0.25) is 0 Å². The number of tetrazole rings is 1. The zero-order valence-corrected chi connectivity index (χ0v) is 10.7. The van der Waals surface area contributed by atoms with Crippen LogP contribution in [0.15, 0.2) is 18.2 Å². The molecule has 0 radical (unpaired) electrons. The van der Waals surface area contributed by atoms with Crippen LogP contribution in [0, 0.1) is 5.82 Å². The van der Waals surface area contributed by atoms with Gasteiger partial charge in [0, 0.05) is 12.0 Å². The SMILES string of the molecule is O=C(O)c1ccc(-n2nnnc2C2CCCC2)cc1F. The van der Waals surface area contributed by atoms with E-state index in [0.29, 0.717) is 11.5 Å². The van der Waals surface area contributed by atoms with Crippen molar-refractivity contribution in [3.63, 3.8) is 0 Å². The highest BCUT2D eigenvalue weighted by molar-refractivity contribution is 5.88. The number of nitrogens with zero attached hydrogens (tertiary/aromatic N) is 4. The lowest BCUT2D eigenvalue weighted by Crippen LogP contribution is -2.08. The monoisotopic (exact) mass is 276 g/mol. The Morgan fingerprint density at radius 1 is 1.35 bits per heavy atom. The molecule has 0 spiro atoms. The minimum absolute atomic E-state index is 0.284. The zero-order valence-electron chi connectivity index (χ0n) is 10.7. The van der Waals surface area contributed by atoms with E-state index in [0.717, 1.165) is 31.7 Å². The molecule has 6 nitrogen and oxygen atoms in total. The van der Waals surface area contributed by atoms with E-state index in [1.165, 1.54) is 16.8 Å². The maximum atomic E-state index is 13.7. The number of carboxylic acids is 1. The van der Waals surface area contributed by atoms with Crippen molar-refractivity contribution in [1.82, 2.24) is 20.2 Å². The zero-order chi connectivity index (χ0) is 14.1. The second kappa shape index (κ2) is 4.99. The first kappa shape index (κ1) is 12.7. The molecule has 7 heteroatoms. The van der Waals surface area contributed by atoms with Gasteiger partial charge in [0.2, 0.25) is 0 Å². The summed E-state index contributed by atoms with van der Waals surface area (Å²) in [4.78, 5) is 10.8. The first-order valence-corrected chi connectivity index (χ1v) is 6.48. The first-order chi connectivity index (χ1) is 9.66. The van der Waals surface area contributed by atoms with Crippen LogP contribution in [-0.4, -0.2) is 31.3 Å². The number of aromatic carboxylic acids is 1. The topological polar surface area (TPSA) is 80.9 Å². The Bertz CT molecular complexity index is 650. The Balaban J connectivity index is 1.99. The highest BCUT2D eigenvalue weighted by atomic mass is 19.1. The molecule has 1 aromatic heterocycles. The number of hydrogen-bond acceptors (Lipinski definition) is 4. The molecule has 3 rings (SSSR count). The summed E-state index contributed by atoms with van der Waals surface area (Å²) in [6, 6.07) is 3.90. The second-order valence-corrected chi connectivity index (χ2v) is 4.90. The summed E-state index contributed by atoms with van der Waals surface area (Å²) in [6.07, 6.45) is 4.33. The molecular formula is C13H13FN4O2. The summed E-state index contributed by atoms with van der Waals surface area (Å²) in [7, 11) is 0. The molecular weight excluding hydrogens is 263 g/mol. The van der Waals surface area contributed by atoms with Gasteiger partial charge in [-0.3, -0.25) is 0 Å². The second-order valence-electron chi connectivity index (χ2n) is 4.90. The molecule has 0 aliphatic heterocycles. The van der Waals surface area contributed by atoms with Crippen molar-refractivity contribution in [3.8, 4) is 5.69 Å². The van der Waals surface area contributed by atoms with Gasteiger partial charge in [0.15, 0.2) is 5.82 Å². The van der Waals surface area contributed by atoms with E-state index < -0.39 is 11.8 Å². The Morgan fingerprint density at radius 3 is 2.75 bits per heavy atom. The Morgan fingerprint density at radius 2 is 2.10 bits per heavy atom. The van der Waals surface area contributed by atoms with Crippen LogP contribution in [0.1, 0.15) is 47.8 Å². The van der Waals surface area contributed by atoms with Gasteiger partial charge in [0.05, 0.1) is 11.3 Å². The van der Waals surface area contributed by atoms with Crippen molar-refractivity contribution >= 4 is 5.97 Å². The molecule has 20 heavy (non-hydrogen) atoms. The summed E-state index contributed by atoms with van der Waals surface area (Å²) in [5, 5.41) is 20.4. The van der Waals surface area contributed by atoms with Gasteiger partial charge < -0.3 is 5.11 Å². The minimum atomic E-state index is -1.29. The maximum Gasteiger partial charge on any atom is 0.338 e. The van der Waals surface area contributed by atoms with Gasteiger partial charge in [-0.15, -0.1) is 5.10 Å². The third kappa shape index (κ3) is 2.15. The molecule has 0 saturated heterocycles. The smallest absolute Gasteiger partial charge is 0.338 e. The fraction of sp³-hybridized carbons (Fsp3) is 0.385. The van der Waals surface area contributed by atoms with E-state index >= 15 is 0 Å². The Labute approximate surface area is 114 Å². The molecule has 1 N–H and O–H groups in total. The van der Waals surface area contributed by atoms with Gasteiger partial charge in [-0.1, -0.05) is 12.8 Å².